The van der Waals surface area contributed by atoms with E-state index in [1.807, 2.05) is 30.3 Å². The van der Waals surface area contributed by atoms with Crippen LogP contribution in [-0.4, -0.2) is 10.9 Å². The quantitative estimate of drug-likeness (QED) is 0.709. The fraction of sp³-hybridized carbons (Fsp3) is 0.500. The van der Waals surface area contributed by atoms with Gasteiger partial charge in [-0.15, -0.1) is 0 Å². The third-order valence-corrected chi connectivity index (χ3v) is 5.17. The van der Waals surface area contributed by atoms with Crippen molar-refractivity contribution in [2.24, 2.45) is 0 Å². The Balaban J connectivity index is 1.82. The first-order chi connectivity index (χ1) is 8.29. The molecule has 0 N–H and O–H groups in total. The molecule has 2 fully saturated rings. The smallest absolute Gasteiger partial charge is 0.325 e. The zero-order valence-electron chi connectivity index (χ0n) is 9.72. The van der Waals surface area contributed by atoms with Crippen molar-refractivity contribution < 1.29 is 9.53 Å². The van der Waals surface area contributed by atoms with Gasteiger partial charge in [0.1, 0.15) is 5.25 Å². The molecule has 0 radical (unpaired) electrons. The molecule has 1 spiro atoms. The predicted octanol–water partition coefficient (Wildman–Crippen LogP) is 3.68. The highest BCUT2D eigenvalue weighted by Gasteiger charge is 2.48. The van der Waals surface area contributed by atoms with Crippen LogP contribution < -0.4 is 0 Å². The van der Waals surface area contributed by atoms with Crippen molar-refractivity contribution in [3.05, 3.63) is 35.9 Å². The summed E-state index contributed by atoms with van der Waals surface area (Å²) in [5.41, 5.74) is 1.07. The molecule has 1 heterocycles. The highest BCUT2D eigenvalue weighted by Crippen LogP contribution is 2.53. The predicted molar refractivity (Wildman–Crippen MR) is 68.7 cm³/mol. The van der Waals surface area contributed by atoms with Crippen molar-refractivity contribution in [2.45, 2.75) is 42.3 Å². The Bertz CT molecular complexity index is 409. The number of thioether (sulfide) groups is 1. The lowest BCUT2D eigenvalue weighted by atomic mass is 9.97. The van der Waals surface area contributed by atoms with Gasteiger partial charge in [0.2, 0.25) is 0 Å². The normalized spacial score (nSPS) is 27.1. The molecule has 1 saturated carbocycles. The third kappa shape index (κ3) is 2.08. The van der Waals surface area contributed by atoms with Gasteiger partial charge in [0, 0.05) is 0 Å². The van der Waals surface area contributed by atoms with E-state index in [1.165, 1.54) is 19.3 Å². The lowest BCUT2D eigenvalue weighted by Gasteiger charge is -2.30. The van der Waals surface area contributed by atoms with Crippen LogP contribution in [0.15, 0.2) is 30.3 Å². The van der Waals surface area contributed by atoms with Crippen molar-refractivity contribution in [3.63, 3.8) is 0 Å². The van der Waals surface area contributed by atoms with E-state index in [1.54, 1.807) is 11.8 Å². The number of rotatable bonds is 1. The molecule has 0 bridgehead atoms. The van der Waals surface area contributed by atoms with Gasteiger partial charge in [-0.2, -0.15) is 0 Å². The molecule has 1 aromatic rings. The average Bonchev–Trinajstić information content (AvgIpc) is 2.68. The first-order valence-corrected chi connectivity index (χ1v) is 7.13. The lowest BCUT2D eigenvalue weighted by molar-refractivity contribution is -0.149. The second kappa shape index (κ2) is 4.37. The van der Waals surface area contributed by atoms with Crippen LogP contribution in [0.1, 0.15) is 42.9 Å². The van der Waals surface area contributed by atoms with Crippen LogP contribution in [0.4, 0.5) is 0 Å². The Hall–Kier alpha value is -0.960. The standard InChI is InChI=1S/C14H16O2S/c15-13-12(11-7-3-1-4-8-11)17-14(16-13)9-5-2-6-10-14/h1,3-4,7-8,12H,2,5-6,9-10H2. The maximum atomic E-state index is 12.0. The number of hydrogen-bond acceptors (Lipinski definition) is 3. The van der Waals surface area contributed by atoms with Crippen LogP contribution >= 0.6 is 11.8 Å². The molecule has 1 aliphatic carbocycles. The average molecular weight is 248 g/mol. The highest BCUT2D eigenvalue weighted by molar-refractivity contribution is 8.01. The van der Waals surface area contributed by atoms with E-state index in [-0.39, 0.29) is 16.2 Å². The number of hydrogen-bond donors (Lipinski definition) is 0. The number of benzene rings is 1. The van der Waals surface area contributed by atoms with Gasteiger partial charge in [-0.05, 0) is 31.2 Å². The summed E-state index contributed by atoms with van der Waals surface area (Å²) in [5, 5.41) is -0.116. The van der Waals surface area contributed by atoms with Gasteiger partial charge in [-0.1, -0.05) is 48.5 Å². The molecule has 2 nitrogen and oxygen atoms in total. The van der Waals surface area contributed by atoms with E-state index < -0.39 is 0 Å². The Morgan fingerprint density at radius 3 is 2.53 bits per heavy atom. The number of ether oxygens (including phenoxy) is 1. The molecule has 0 amide bonds. The van der Waals surface area contributed by atoms with E-state index in [0.717, 1.165) is 18.4 Å². The SMILES string of the molecule is O=C1OC2(CCCCC2)SC1c1ccccc1. The molecule has 0 aromatic heterocycles. The van der Waals surface area contributed by atoms with Crippen molar-refractivity contribution in [3.8, 4) is 0 Å². The maximum absolute atomic E-state index is 12.0. The zero-order chi connectivity index (χ0) is 11.7. The van der Waals surface area contributed by atoms with E-state index in [0.29, 0.717) is 0 Å². The summed E-state index contributed by atoms with van der Waals surface area (Å²) in [6, 6.07) is 9.97. The summed E-state index contributed by atoms with van der Waals surface area (Å²) in [6.45, 7) is 0. The minimum Gasteiger partial charge on any atom is -0.447 e. The fourth-order valence-corrected chi connectivity index (χ4v) is 4.19. The molecule has 1 atom stereocenters. The summed E-state index contributed by atoms with van der Waals surface area (Å²) < 4.78 is 5.68. The van der Waals surface area contributed by atoms with E-state index in [9.17, 15) is 4.79 Å². The largest absolute Gasteiger partial charge is 0.447 e. The molecule has 3 heteroatoms. The van der Waals surface area contributed by atoms with Gasteiger partial charge in [0.05, 0.1) is 0 Å². The van der Waals surface area contributed by atoms with Gasteiger partial charge in [0.25, 0.3) is 0 Å². The Kier molecular flexibility index (Phi) is 2.87. The minimum absolute atomic E-state index is 0.0527. The van der Waals surface area contributed by atoms with Crippen LogP contribution in [0.25, 0.3) is 0 Å². The van der Waals surface area contributed by atoms with Gasteiger partial charge in [-0.3, -0.25) is 4.79 Å². The van der Waals surface area contributed by atoms with E-state index in [2.05, 4.69) is 0 Å². The molecule has 2 aliphatic rings. The van der Waals surface area contributed by atoms with Crippen molar-refractivity contribution in [1.29, 1.82) is 0 Å². The molecule has 1 aromatic carbocycles. The number of carbonyl (C=O) groups excluding carboxylic acids is 1. The summed E-state index contributed by atoms with van der Waals surface area (Å²) in [5.74, 6) is -0.0527. The molecular formula is C14H16O2S. The second-order valence-corrected chi connectivity index (χ2v) is 6.25. The number of carbonyl (C=O) groups is 1. The summed E-state index contributed by atoms with van der Waals surface area (Å²) in [6.07, 6.45) is 5.68. The molecule has 1 aliphatic heterocycles. The number of esters is 1. The van der Waals surface area contributed by atoms with Crippen LogP contribution in [0, 0.1) is 0 Å². The molecule has 17 heavy (non-hydrogen) atoms. The molecule has 1 unspecified atom stereocenters. The van der Waals surface area contributed by atoms with Gasteiger partial charge in [0.15, 0.2) is 4.93 Å². The van der Waals surface area contributed by atoms with Crippen molar-refractivity contribution >= 4 is 17.7 Å². The Morgan fingerprint density at radius 2 is 1.82 bits per heavy atom. The first-order valence-electron chi connectivity index (χ1n) is 6.25. The van der Waals surface area contributed by atoms with Crippen molar-refractivity contribution in [1.82, 2.24) is 0 Å². The second-order valence-electron chi connectivity index (χ2n) is 4.80. The lowest BCUT2D eigenvalue weighted by Crippen LogP contribution is -2.27. The minimum atomic E-state index is -0.212. The summed E-state index contributed by atoms with van der Waals surface area (Å²) in [7, 11) is 0. The van der Waals surface area contributed by atoms with Crippen molar-refractivity contribution in [2.75, 3.05) is 0 Å². The maximum Gasteiger partial charge on any atom is 0.325 e. The topological polar surface area (TPSA) is 26.3 Å². The first kappa shape index (κ1) is 11.1. The monoisotopic (exact) mass is 248 g/mol. The fourth-order valence-electron chi connectivity index (χ4n) is 2.67. The molecule has 1 saturated heterocycles. The Labute approximate surface area is 106 Å². The van der Waals surface area contributed by atoms with Crippen LogP contribution in [0.5, 0.6) is 0 Å². The zero-order valence-corrected chi connectivity index (χ0v) is 10.5. The van der Waals surface area contributed by atoms with Crippen LogP contribution in [-0.2, 0) is 9.53 Å². The van der Waals surface area contributed by atoms with E-state index >= 15 is 0 Å². The van der Waals surface area contributed by atoms with Gasteiger partial charge in [-0.25, -0.2) is 0 Å². The highest BCUT2D eigenvalue weighted by atomic mass is 32.2. The third-order valence-electron chi connectivity index (χ3n) is 3.55. The molecule has 90 valence electrons. The molecule has 3 rings (SSSR count). The van der Waals surface area contributed by atoms with Crippen LogP contribution in [0.2, 0.25) is 0 Å². The Morgan fingerprint density at radius 1 is 1.12 bits per heavy atom. The van der Waals surface area contributed by atoms with Crippen LogP contribution in [0.3, 0.4) is 0 Å². The van der Waals surface area contributed by atoms with Gasteiger partial charge >= 0.3 is 5.97 Å². The molecular weight excluding hydrogens is 232 g/mol. The summed E-state index contributed by atoms with van der Waals surface area (Å²) in [4.78, 5) is 11.8. The van der Waals surface area contributed by atoms with Gasteiger partial charge < -0.3 is 4.74 Å². The summed E-state index contributed by atoms with van der Waals surface area (Å²) >= 11 is 1.72. The van der Waals surface area contributed by atoms with E-state index in [4.69, 9.17) is 4.74 Å².